The van der Waals surface area contributed by atoms with Gasteiger partial charge in [-0.1, -0.05) is 53.3 Å². The van der Waals surface area contributed by atoms with Crippen molar-refractivity contribution < 1.29 is 13.2 Å². The van der Waals surface area contributed by atoms with Crippen molar-refractivity contribution in [3.63, 3.8) is 0 Å². The van der Waals surface area contributed by atoms with Gasteiger partial charge in [0.1, 0.15) is 0 Å². The van der Waals surface area contributed by atoms with Crippen molar-refractivity contribution >= 4 is 5.69 Å². The number of hydrogen-bond acceptors (Lipinski definition) is 1. The molecule has 0 radical (unpaired) electrons. The molecule has 1 aromatic rings. The normalized spacial score (nSPS) is 9.47. The van der Waals surface area contributed by atoms with Crippen LogP contribution in [0.3, 0.4) is 0 Å². The predicted molar refractivity (Wildman–Crippen MR) is 77.2 cm³/mol. The van der Waals surface area contributed by atoms with Gasteiger partial charge >= 0.3 is 6.18 Å². The molecule has 0 bridgehead atoms. The van der Waals surface area contributed by atoms with E-state index in [0.29, 0.717) is 12.1 Å². The Morgan fingerprint density at radius 3 is 2.00 bits per heavy atom. The van der Waals surface area contributed by atoms with Crippen LogP contribution in [0.5, 0.6) is 0 Å². The minimum absolute atomic E-state index is 0.0526. The lowest BCUT2D eigenvalue weighted by Crippen LogP contribution is -2.09. The molecule has 1 rings (SSSR count). The van der Waals surface area contributed by atoms with Crippen LogP contribution in [0, 0.1) is 0 Å². The third-order valence-electron chi connectivity index (χ3n) is 1.97. The second kappa shape index (κ2) is 10.5. The highest BCUT2D eigenvalue weighted by molar-refractivity contribution is 5.55. The van der Waals surface area contributed by atoms with Crippen LogP contribution in [0.2, 0.25) is 0 Å². The Morgan fingerprint density at radius 2 is 1.58 bits per heavy atom. The van der Waals surface area contributed by atoms with Gasteiger partial charge in [0, 0.05) is 5.70 Å². The molecular formula is C15H24F3N. The first-order valence-electron chi connectivity index (χ1n) is 6.56. The zero-order valence-corrected chi connectivity index (χ0v) is 12.4. The molecule has 0 amide bonds. The molecule has 0 saturated heterocycles. The summed E-state index contributed by atoms with van der Waals surface area (Å²) in [5.74, 6) is 0. The highest BCUT2D eigenvalue weighted by Crippen LogP contribution is 2.34. The minimum Gasteiger partial charge on any atom is -0.359 e. The molecule has 0 unspecified atom stereocenters. The van der Waals surface area contributed by atoms with E-state index in [1.165, 1.54) is 12.1 Å². The van der Waals surface area contributed by atoms with Gasteiger partial charge in [-0.25, -0.2) is 0 Å². The smallest absolute Gasteiger partial charge is 0.359 e. The summed E-state index contributed by atoms with van der Waals surface area (Å²) in [7, 11) is 0. The summed E-state index contributed by atoms with van der Waals surface area (Å²) >= 11 is 0. The van der Waals surface area contributed by atoms with Crippen LogP contribution >= 0.6 is 0 Å². The van der Waals surface area contributed by atoms with Crippen molar-refractivity contribution in [1.29, 1.82) is 0 Å². The lowest BCUT2D eigenvalue weighted by atomic mass is 10.1. The van der Waals surface area contributed by atoms with Crippen molar-refractivity contribution in [2.75, 3.05) is 5.32 Å². The van der Waals surface area contributed by atoms with Crippen molar-refractivity contribution in [2.45, 2.75) is 47.2 Å². The fraction of sp³-hybridized carbons (Fsp3) is 0.467. The van der Waals surface area contributed by atoms with Gasteiger partial charge < -0.3 is 5.32 Å². The highest BCUT2D eigenvalue weighted by atomic mass is 19.4. The maximum absolute atomic E-state index is 12.5. The van der Waals surface area contributed by atoms with E-state index in [1.54, 1.807) is 6.07 Å². The molecular weight excluding hydrogens is 251 g/mol. The van der Waals surface area contributed by atoms with Crippen LogP contribution in [0.15, 0.2) is 36.5 Å². The van der Waals surface area contributed by atoms with E-state index in [0.717, 1.165) is 6.07 Å². The van der Waals surface area contributed by atoms with Crippen LogP contribution in [0.1, 0.15) is 46.6 Å². The first kappa shape index (κ1) is 19.9. The number of allylic oxidation sites excluding steroid dienone is 1. The summed E-state index contributed by atoms with van der Waals surface area (Å²) < 4.78 is 37.6. The van der Waals surface area contributed by atoms with E-state index < -0.39 is 11.7 Å². The number of anilines is 1. The van der Waals surface area contributed by atoms with Gasteiger partial charge in [0.2, 0.25) is 0 Å². The molecule has 0 aliphatic rings. The molecule has 19 heavy (non-hydrogen) atoms. The molecule has 0 aliphatic carbocycles. The molecule has 0 saturated carbocycles. The predicted octanol–water partition coefficient (Wildman–Crippen LogP) is 6.09. The van der Waals surface area contributed by atoms with Crippen molar-refractivity contribution in [3.05, 3.63) is 42.1 Å². The third kappa shape index (κ3) is 7.54. The number of alkyl halides is 3. The summed E-state index contributed by atoms with van der Waals surface area (Å²) in [6.07, 6.45) is -3.75. The monoisotopic (exact) mass is 275 g/mol. The Kier molecular flexibility index (Phi) is 11.0. The molecule has 110 valence electrons. The Labute approximate surface area is 114 Å². The topological polar surface area (TPSA) is 12.0 Å². The van der Waals surface area contributed by atoms with Gasteiger partial charge in [-0.2, -0.15) is 13.2 Å². The van der Waals surface area contributed by atoms with Gasteiger partial charge in [0.15, 0.2) is 0 Å². The fourth-order valence-electron chi connectivity index (χ4n) is 1.12. The van der Waals surface area contributed by atoms with Crippen molar-refractivity contribution in [2.24, 2.45) is 0 Å². The number of halogens is 3. The maximum Gasteiger partial charge on any atom is 0.418 e. The van der Waals surface area contributed by atoms with Crippen LogP contribution in [0.4, 0.5) is 18.9 Å². The molecule has 4 heteroatoms. The lowest BCUT2D eigenvalue weighted by Gasteiger charge is -2.14. The SMILES string of the molecule is C=C(CC)Nc1ccccc1C(F)(F)F.CC.CC. The van der Waals surface area contributed by atoms with Gasteiger partial charge in [0.25, 0.3) is 0 Å². The van der Waals surface area contributed by atoms with E-state index in [9.17, 15) is 13.2 Å². The number of nitrogens with one attached hydrogen (secondary N) is 1. The fourth-order valence-corrected chi connectivity index (χ4v) is 1.12. The maximum atomic E-state index is 12.5. The van der Waals surface area contributed by atoms with Gasteiger partial charge in [-0.15, -0.1) is 0 Å². The zero-order chi connectivity index (χ0) is 15.5. The average Bonchev–Trinajstić information content (AvgIpc) is 2.42. The Balaban J connectivity index is 0. The number of para-hydroxylation sites is 1. The molecule has 1 N–H and O–H groups in total. The summed E-state index contributed by atoms with van der Waals surface area (Å²) in [4.78, 5) is 0. The number of hydrogen-bond donors (Lipinski definition) is 1. The van der Waals surface area contributed by atoms with E-state index in [4.69, 9.17) is 0 Å². The number of benzene rings is 1. The molecule has 0 heterocycles. The minimum atomic E-state index is -4.34. The Morgan fingerprint density at radius 1 is 1.11 bits per heavy atom. The lowest BCUT2D eigenvalue weighted by molar-refractivity contribution is -0.136. The van der Waals surface area contributed by atoms with Crippen LogP contribution in [-0.2, 0) is 6.18 Å². The largest absolute Gasteiger partial charge is 0.418 e. The summed E-state index contributed by atoms with van der Waals surface area (Å²) in [5.41, 5.74) is -0.0526. The molecule has 0 aromatic heterocycles. The second-order valence-electron chi connectivity index (χ2n) is 3.13. The quantitative estimate of drug-likeness (QED) is 0.703. The molecule has 0 aliphatic heterocycles. The highest BCUT2D eigenvalue weighted by Gasteiger charge is 2.33. The van der Waals surface area contributed by atoms with Gasteiger partial charge in [-0.3, -0.25) is 0 Å². The van der Waals surface area contributed by atoms with Crippen LogP contribution < -0.4 is 5.32 Å². The molecule has 0 fully saturated rings. The van der Waals surface area contributed by atoms with Crippen LogP contribution in [0.25, 0.3) is 0 Å². The summed E-state index contributed by atoms with van der Waals surface area (Å²) in [6.45, 7) is 13.4. The van der Waals surface area contributed by atoms with E-state index >= 15 is 0 Å². The first-order chi connectivity index (χ1) is 8.95. The second-order valence-corrected chi connectivity index (χ2v) is 3.13. The average molecular weight is 275 g/mol. The molecule has 0 atom stereocenters. The van der Waals surface area contributed by atoms with Crippen molar-refractivity contribution in [1.82, 2.24) is 0 Å². The van der Waals surface area contributed by atoms with E-state index in [2.05, 4.69) is 11.9 Å². The van der Waals surface area contributed by atoms with Gasteiger partial charge in [0.05, 0.1) is 11.3 Å². The van der Waals surface area contributed by atoms with E-state index in [1.807, 2.05) is 34.6 Å². The molecule has 0 spiro atoms. The van der Waals surface area contributed by atoms with Crippen LogP contribution in [-0.4, -0.2) is 0 Å². The zero-order valence-electron chi connectivity index (χ0n) is 12.4. The molecule has 1 nitrogen and oxygen atoms in total. The third-order valence-corrected chi connectivity index (χ3v) is 1.97. The first-order valence-corrected chi connectivity index (χ1v) is 6.56. The number of rotatable bonds is 3. The summed E-state index contributed by atoms with van der Waals surface area (Å²) in [6, 6.07) is 5.36. The summed E-state index contributed by atoms with van der Waals surface area (Å²) in [5, 5.41) is 2.65. The van der Waals surface area contributed by atoms with E-state index in [-0.39, 0.29) is 5.69 Å². The standard InChI is InChI=1S/C11H12F3N.2C2H6/c1-3-8(2)15-10-7-5-4-6-9(10)11(12,13)14;2*1-2/h4-7,15H,2-3H2,1H3;2*1-2H3. The Hall–Kier alpha value is -1.45. The van der Waals surface area contributed by atoms with Gasteiger partial charge in [-0.05, 0) is 18.6 Å². The molecule has 1 aromatic carbocycles. The Bertz CT molecular complexity index is 357. The van der Waals surface area contributed by atoms with Crippen molar-refractivity contribution in [3.8, 4) is 0 Å².